The largest absolute Gasteiger partial charge is 0.467 e. The van der Waals surface area contributed by atoms with Crippen molar-refractivity contribution in [2.75, 3.05) is 13.1 Å². The van der Waals surface area contributed by atoms with E-state index in [4.69, 9.17) is 9.15 Å². The Kier molecular flexibility index (Phi) is 5.67. The predicted octanol–water partition coefficient (Wildman–Crippen LogP) is 2.91. The maximum atomic E-state index is 12.1. The number of esters is 1. The molecule has 0 bridgehead atoms. The first-order valence-electron chi connectivity index (χ1n) is 8.37. The molecule has 3 rings (SSSR count). The number of furan rings is 1. The summed E-state index contributed by atoms with van der Waals surface area (Å²) in [6.07, 6.45) is 3.50. The smallest absolute Gasteiger partial charge is 0.320 e. The fourth-order valence-corrected chi connectivity index (χ4v) is 3.17. The van der Waals surface area contributed by atoms with E-state index in [9.17, 15) is 9.90 Å². The third-order valence-corrected chi connectivity index (χ3v) is 4.44. The van der Waals surface area contributed by atoms with Crippen molar-refractivity contribution >= 4 is 5.97 Å². The average molecular weight is 329 g/mol. The van der Waals surface area contributed by atoms with Gasteiger partial charge in [-0.2, -0.15) is 0 Å². The summed E-state index contributed by atoms with van der Waals surface area (Å²) >= 11 is 0. The number of carbonyl (C=O) groups is 1. The molecule has 1 aromatic heterocycles. The Balaban J connectivity index is 1.47. The number of ether oxygens (including phenoxy) is 1. The lowest BCUT2D eigenvalue weighted by Gasteiger charge is -2.25. The van der Waals surface area contributed by atoms with Gasteiger partial charge in [-0.25, -0.2) is 0 Å². The molecule has 1 saturated heterocycles. The maximum absolute atomic E-state index is 12.1. The Morgan fingerprint density at radius 3 is 2.88 bits per heavy atom. The van der Waals surface area contributed by atoms with E-state index in [0.717, 1.165) is 24.9 Å². The number of hydrogen-bond acceptors (Lipinski definition) is 5. The minimum Gasteiger partial charge on any atom is -0.467 e. The van der Waals surface area contributed by atoms with Gasteiger partial charge in [0.1, 0.15) is 18.5 Å². The number of nitrogens with zero attached hydrogens (tertiary/aromatic N) is 1. The Bertz CT molecular complexity index is 626. The molecule has 2 aromatic rings. The van der Waals surface area contributed by atoms with Crippen LogP contribution in [0.4, 0.5) is 0 Å². The SMILES string of the molecule is O=C(CN1CCCC1CC(O)c1ccco1)OCc1ccccc1. The molecule has 5 nitrogen and oxygen atoms in total. The number of likely N-dealkylation sites (tertiary alicyclic amines) is 1. The lowest BCUT2D eigenvalue weighted by Crippen LogP contribution is -2.36. The fraction of sp³-hybridized carbons (Fsp3) is 0.421. The molecule has 0 aliphatic carbocycles. The first-order valence-corrected chi connectivity index (χ1v) is 8.37. The molecule has 0 spiro atoms. The van der Waals surface area contributed by atoms with E-state index < -0.39 is 6.10 Å². The van der Waals surface area contributed by atoms with Crippen LogP contribution >= 0.6 is 0 Å². The van der Waals surface area contributed by atoms with Crippen molar-refractivity contribution in [2.45, 2.75) is 38.0 Å². The van der Waals surface area contributed by atoms with Crippen molar-refractivity contribution < 1.29 is 19.1 Å². The van der Waals surface area contributed by atoms with Gasteiger partial charge in [-0.1, -0.05) is 30.3 Å². The summed E-state index contributed by atoms with van der Waals surface area (Å²) < 4.78 is 10.6. The average Bonchev–Trinajstić information content (AvgIpc) is 3.26. The van der Waals surface area contributed by atoms with Gasteiger partial charge in [-0.05, 0) is 43.5 Å². The standard InChI is InChI=1S/C19H23NO4/c21-17(18-9-5-11-23-18)12-16-8-4-10-20(16)13-19(22)24-14-15-6-2-1-3-7-15/h1-3,5-7,9,11,16-17,21H,4,8,10,12-14H2. The molecule has 2 heterocycles. The second-order valence-corrected chi connectivity index (χ2v) is 6.18. The summed E-state index contributed by atoms with van der Waals surface area (Å²) in [5, 5.41) is 10.2. The molecular weight excluding hydrogens is 306 g/mol. The molecule has 0 amide bonds. The van der Waals surface area contributed by atoms with E-state index in [2.05, 4.69) is 4.90 Å². The Morgan fingerprint density at radius 1 is 1.29 bits per heavy atom. The third-order valence-electron chi connectivity index (χ3n) is 4.44. The number of carbonyl (C=O) groups excluding carboxylic acids is 1. The first kappa shape index (κ1) is 16.7. The number of hydrogen-bond donors (Lipinski definition) is 1. The van der Waals surface area contributed by atoms with Crippen LogP contribution in [0.3, 0.4) is 0 Å². The highest BCUT2D eigenvalue weighted by Gasteiger charge is 2.29. The van der Waals surface area contributed by atoms with Crippen molar-refractivity contribution in [1.29, 1.82) is 0 Å². The summed E-state index contributed by atoms with van der Waals surface area (Å²) in [5.41, 5.74) is 0.983. The van der Waals surface area contributed by atoms with E-state index in [1.54, 1.807) is 18.4 Å². The molecule has 128 valence electrons. The molecule has 2 atom stereocenters. The fourth-order valence-electron chi connectivity index (χ4n) is 3.17. The van der Waals surface area contributed by atoms with E-state index >= 15 is 0 Å². The minimum absolute atomic E-state index is 0.175. The predicted molar refractivity (Wildman–Crippen MR) is 89.1 cm³/mol. The quantitative estimate of drug-likeness (QED) is 0.791. The van der Waals surface area contributed by atoms with Gasteiger partial charge in [0.15, 0.2) is 0 Å². The third kappa shape index (κ3) is 4.46. The van der Waals surface area contributed by atoms with E-state index in [0.29, 0.717) is 18.8 Å². The van der Waals surface area contributed by atoms with Crippen LogP contribution in [0.25, 0.3) is 0 Å². The van der Waals surface area contributed by atoms with Crippen molar-refractivity contribution in [3.8, 4) is 0 Å². The van der Waals surface area contributed by atoms with Crippen LogP contribution < -0.4 is 0 Å². The van der Waals surface area contributed by atoms with Gasteiger partial charge in [-0.15, -0.1) is 0 Å². The zero-order chi connectivity index (χ0) is 16.8. The first-order chi connectivity index (χ1) is 11.7. The highest BCUT2D eigenvalue weighted by atomic mass is 16.5. The summed E-state index contributed by atoms with van der Waals surface area (Å²) in [6, 6.07) is 13.4. The zero-order valence-corrected chi connectivity index (χ0v) is 13.6. The Hall–Kier alpha value is -2.11. The molecule has 1 aliphatic heterocycles. The zero-order valence-electron chi connectivity index (χ0n) is 13.6. The lowest BCUT2D eigenvalue weighted by atomic mass is 10.1. The van der Waals surface area contributed by atoms with Crippen LogP contribution in [-0.2, 0) is 16.1 Å². The molecule has 1 aliphatic rings. The highest BCUT2D eigenvalue weighted by molar-refractivity contribution is 5.71. The number of aliphatic hydroxyl groups is 1. The van der Waals surface area contributed by atoms with Crippen LogP contribution in [0, 0.1) is 0 Å². The van der Waals surface area contributed by atoms with Crippen LogP contribution in [0.15, 0.2) is 53.1 Å². The molecule has 1 N–H and O–H groups in total. The monoisotopic (exact) mass is 329 g/mol. The Morgan fingerprint density at radius 2 is 2.12 bits per heavy atom. The maximum Gasteiger partial charge on any atom is 0.320 e. The molecule has 0 saturated carbocycles. The summed E-state index contributed by atoms with van der Waals surface area (Å²) in [7, 11) is 0. The lowest BCUT2D eigenvalue weighted by molar-refractivity contribution is -0.146. The highest BCUT2D eigenvalue weighted by Crippen LogP contribution is 2.27. The number of aliphatic hydroxyl groups excluding tert-OH is 1. The molecule has 1 fully saturated rings. The normalized spacial score (nSPS) is 19.3. The van der Waals surface area contributed by atoms with E-state index in [-0.39, 0.29) is 18.6 Å². The second-order valence-electron chi connectivity index (χ2n) is 6.18. The Labute approximate surface area is 141 Å². The van der Waals surface area contributed by atoms with Gasteiger partial charge in [0.2, 0.25) is 0 Å². The van der Waals surface area contributed by atoms with E-state index in [1.807, 2.05) is 30.3 Å². The molecule has 2 unspecified atom stereocenters. The van der Waals surface area contributed by atoms with Gasteiger partial charge < -0.3 is 14.3 Å². The molecule has 24 heavy (non-hydrogen) atoms. The van der Waals surface area contributed by atoms with Crippen LogP contribution in [0.1, 0.15) is 36.7 Å². The van der Waals surface area contributed by atoms with Gasteiger partial charge in [-0.3, -0.25) is 9.69 Å². The van der Waals surface area contributed by atoms with E-state index in [1.165, 1.54) is 0 Å². The van der Waals surface area contributed by atoms with Gasteiger partial charge >= 0.3 is 5.97 Å². The topological polar surface area (TPSA) is 62.9 Å². The summed E-state index contributed by atoms with van der Waals surface area (Å²) in [4.78, 5) is 14.2. The molecule has 0 radical (unpaired) electrons. The van der Waals surface area contributed by atoms with Crippen LogP contribution in [-0.4, -0.2) is 35.1 Å². The van der Waals surface area contributed by atoms with Crippen LogP contribution in [0.5, 0.6) is 0 Å². The van der Waals surface area contributed by atoms with Crippen molar-refractivity contribution in [3.05, 3.63) is 60.1 Å². The minimum atomic E-state index is -0.633. The summed E-state index contributed by atoms with van der Waals surface area (Å²) in [5.74, 6) is 0.353. The van der Waals surface area contributed by atoms with Crippen molar-refractivity contribution in [3.63, 3.8) is 0 Å². The number of benzene rings is 1. The molecule has 1 aromatic carbocycles. The van der Waals surface area contributed by atoms with Crippen molar-refractivity contribution in [2.24, 2.45) is 0 Å². The van der Waals surface area contributed by atoms with Gasteiger partial charge in [0, 0.05) is 6.04 Å². The summed E-state index contributed by atoms with van der Waals surface area (Å²) in [6.45, 7) is 1.42. The van der Waals surface area contributed by atoms with Crippen LogP contribution in [0.2, 0.25) is 0 Å². The second kappa shape index (κ2) is 8.13. The molecular formula is C19H23NO4. The van der Waals surface area contributed by atoms with Gasteiger partial charge in [0.05, 0.1) is 12.8 Å². The van der Waals surface area contributed by atoms with Gasteiger partial charge in [0.25, 0.3) is 0 Å². The molecule has 5 heteroatoms. The number of rotatable bonds is 7. The van der Waals surface area contributed by atoms with Crippen molar-refractivity contribution in [1.82, 2.24) is 4.90 Å².